The molecule has 27 heavy (non-hydrogen) atoms. The molecule has 1 N–H and O–H groups in total. The lowest BCUT2D eigenvalue weighted by Crippen LogP contribution is -2.15. The number of carbonyl (C=O) groups excluding carboxylic acids is 1. The van der Waals surface area contributed by atoms with Crippen molar-refractivity contribution in [1.29, 1.82) is 0 Å². The van der Waals surface area contributed by atoms with Crippen LogP contribution in [0, 0.1) is 0 Å². The largest absolute Gasteiger partial charge is 0.368 e. The van der Waals surface area contributed by atoms with Gasteiger partial charge >= 0.3 is 0 Å². The van der Waals surface area contributed by atoms with E-state index in [2.05, 4.69) is 36.3 Å². The number of hydrogen-bond acceptors (Lipinski definition) is 4. The molecule has 0 unspecified atom stereocenters. The Bertz CT molecular complexity index is 1080. The van der Waals surface area contributed by atoms with Gasteiger partial charge in [-0.3, -0.25) is 9.20 Å². The van der Waals surface area contributed by atoms with Gasteiger partial charge in [-0.05, 0) is 19.4 Å². The van der Waals surface area contributed by atoms with Crippen LogP contribution in [0.1, 0.15) is 24.2 Å². The average molecular weight is 356 g/mol. The zero-order valence-corrected chi connectivity index (χ0v) is 15.3. The summed E-state index contributed by atoms with van der Waals surface area (Å²) in [6, 6.07) is 17.9. The highest BCUT2D eigenvalue weighted by Crippen LogP contribution is 2.37. The average Bonchev–Trinajstić information content (AvgIpc) is 3.17. The van der Waals surface area contributed by atoms with Crippen molar-refractivity contribution in [2.24, 2.45) is 0 Å². The Hall–Kier alpha value is -3.47. The van der Waals surface area contributed by atoms with E-state index in [1.165, 1.54) is 0 Å². The van der Waals surface area contributed by atoms with Crippen LogP contribution < -0.4 is 5.32 Å². The highest BCUT2D eigenvalue weighted by atomic mass is 16.1. The Labute approximate surface area is 157 Å². The van der Waals surface area contributed by atoms with E-state index in [0.29, 0.717) is 11.3 Å². The van der Waals surface area contributed by atoms with Crippen LogP contribution in [0.5, 0.6) is 0 Å². The van der Waals surface area contributed by atoms with E-state index >= 15 is 0 Å². The van der Waals surface area contributed by atoms with Crippen molar-refractivity contribution in [1.82, 2.24) is 14.4 Å². The number of aromatic nitrogens is 3. The van der Waals surface area contributed by atoms with Gasteiger partial charge in [0, 0.05) is 35.1 Å². The number of hydrogen-bond donors (Lipinski definition) is 1. The van der Waals surface area contributed by atoms with Gasteiger partial charge < -0.3 is 5.32 Å². The summed E-state index contributed by atoms with van der Waals surface area (Å²) in [5, 5.41) is 3.56. The lowest BCUT2D eigenvalue weighted by atomic mass is 9.98. The predicted octanol–water partition coefficient (Wildman–Crippen LogP) is 4.70. The quantitative estimate of drug-likeness (QED) is 0.527. The fourth-order valence-electron chi connectivity index (χ4n) is 3.16. The van der Waals surface area contributed by atoms with Crippen molar-refractivity contribution in [3.63, 3.8) is 0 Å². The van der Waals surface area contributed by atoms with Gasteiger partial charge in [0.2, 0.25) is 5.78 Å². The van der Waals surface area contributed by atoms with Gasteiger partial charge in [-0.2, -0.15) is 0 Å². The molecular formula is C22H20N4O. The maximum atomic E-state index is 11.0. The molecule has 0 spiro atoms. The minimum absolute atomic E-state index is 0.241. The van der Waals surface area contributed by atoms with E-state index in [0.717, 1.165) is 34.5 Å². The Balaban J connectivity index is 2.05. The smallest absolute Gasteiger partial charge is 0.235 e. The van der Waals surface area contributed by atoms with E-state index in [-0.39, 0.29) is 6.04 Å². The van der Waals surface area contributed by atoms with Gasteiger partial charge in [0.05, 0.1) is 5.69 Å². The molecule has 2 aromatic carbocycles. The van der Waals surface area contributed by atoms with Crippen LogP contribution in [-0.2, 0) is 0 Å². The van der Waals surface area contributed by atoms with Gasteiger partial charge in [0.1, 0.15) is 12.1 Å². The standard InChI is InChI=1S/C22H20N4O/c1-15(2)24-21-19(17-6-4-3-5-7-17)20(25-22-23-12-13-26(21)22)18-10-8-16(14-27)9-11-18/h3-15,24H,1-2H3. The third-order valence-corrected chi connectivity index (χ3v) is 4.36. The molecule has 0 fully saturated rings. The minimum atomic E-state index is 0.241. The number of imidazole rings is 1. The second kappa shape index (κ2) is 7.03. The first-order valence-electron chi connectivity index (χ1n) is 8.92. The van der Waals surface area contributed by atoms with Gasteiger partial charge in [-0.1, -0.05) is 54.6 Å². The summed E-state index contributed by atoms with van der Waals surface area (Å²) in [6.07, 6.45) is 4.51. The summed E-state index contributed by atoms with van der Waals surface area (Å²) < 4.78 is 1.98. The monoisotopic (exact) mass is 356 g/mol. The van der Waals surface area contributed by atoms with Crippen molar-refractivity contribution in [3.05, 3.63) is 72.6 Å². The molecule has 0 saturated carbocycles. The van der Waals surface area contributed by atoms with Gasteiger partial charge in [-0.25, -0.2) is 9.97 Å². The topological polar surface area (TPSA) is 59.3 Å². The van der Waals surface area contributed by atoms with Crippen LogP contribution >= 0.6 is 0 Å². The number of nitrogens with zero attached hydrogens (tertiary/aromatic N) is 3. The first-order valence-corrected chi connectivity index (χ1v) is 8.92. The molecule has 134 valence electrons. The lowest BCUT2D eigenvalue weighted by Gasteiger charge is -2.20. The van der Waals surface area contributed by atoms with Gasteiger partial charge in [0.15, 0.2) is 0 Å². The van der Waals surface area contributed by atoms with Crippen LogP contribution in [0.15, 0.2) is 67.0 Å². The number of benzene rings is 2. The second-order valence-corrected chi connectivity index (χ2v) is 6.69. The highest BCUT2D eigenvalue weighted by Gasteiger charge is 2.19. The molecule has 0 aliphatic carbocycles. The molecule has 5 heteroatoms. The van der Waals surface area contributed by atoms with E-state index in [1.54, 1.807) is 6.20 Å². The van der Waals surface area contributed by atoms with Crippen LogP contribution in [0.2, 0.25) is 0 Å². The first-order chi connectivity index (χ1) is 13.2. The third-order valence-electron chi connectivity index (χ3n) is 4.36. The molecule has 0 aliphatic rings. The Morgan fingerprint density at radius 3 is 2.41 bits per heavy atom. The molecule has 4 aromatic rings. The first kappa shape index (κ1) is 17.0. The summed E-state index contributed by atoms with van der Waals surface area (Å²) in [5.41, 5.74) is 4.49. The molecule has 2 aromatic heterocycles. The van der Waals surface area contributed by atoms with E-state index in [1.807, 2.05) is 53.1 Å². The molecule has 0 saturated heterocycles. The summed E-state index contributed by atoms with van der Waals surface area (Å²) in [7, 11) is 0. The zero-order chi connectivity index (χ0) is 18.8. The fraction of sp³-hybridized carbons (Fsp3) is 0.136. The normalized spacial score (nSPS) is 11.1. The van der Waals surface area contributed by atoms with Crippen molar-refractivity contribution >= 4 is 17.9 Å². The van der Waals surface area contributed by atoms with Crippen molar-refractivity contribution in [2.45, 2.75) is 19.9 Å². The van der Waals surface area contributed by atoms with Crippen molar-refractivity contribution in [3.8, 4) is 22.4 Å². The molecular weight excluding hydrogens is 336 g/mol. The predicted molar refractivity (Wildman–Crippen MR) is 108 cm³/mol. The van der Waals surface area contributed by atoms with E-state index in [9.17, 15) is 4.79 Å². The van der Waals surface area contributed by atoms with Gasteiger partial charge in [0.25, 0.3) is 0 Å². The zero-order valence-electron chi connectivity index (χ0n) is 15.3. The summed E-state index contributed by atoms with van der Waals surface area (Å²) >= 11 is 0. The maximum Gasteiger partial charge on any atom is 0.235 e. The molecule has 5 nitrogen and oxygen atoms in total. The van der Waals surface area contributed by atoms with Gasteiger partial charge in [-0.15, -0.1) is 0 Å². The number of fused-ring (bicyclic) bond motifs is 1. The maximum absolute atomic E-state index is 11.0. The lowest BCUT2D eigenvalue weighted by molar-refractivity contribution is 0.112. The second-order valence-electron chi connectivity index (χ2n) is 6.69. The number of rotatable bonds is 5. The number of aldehydes is 1. The van der Waals surface area contributed by atoms with Crippen LogP contribution in [0.4, 0.5) is 5.82 Å². The van der Waals surface area contributed by atoms with E-state index < -0.39 is 0 Å². The Morgan fingerprint density at radius 2 is 1.74 bits per heavy atom. The van der Waals surface area contributed by atoms with Crippen molar-refractivity contribution < 1.29 is 4.79 Å². The van der Waals surface area contributed by atoms with Crippen molar-refractivity contribution in [2.75, 3.05) is 5.32 Å². The minimum Gasteiger partial charge on any atom is -0.368 e. The van der Waals surface area contributed by atoms with Crippen LogP contribution in [-0.4, -0.2) is 26.7 Å². The molecule has 0 amide bonds. The number of anilines is 1. The molecule has 0 atom stereocenters. The van der Waals surface area contributed by atoms with Crippen LogP contribution in [0.25, 0.3) is 28.2 Å². The number of carbonyl (C=O) groups is 1. The summed E-state index contributed by atoms with van der Waals surface area (Å²) in [6.45, 7) is 4.22. The Morgan fingerprint density at radius 1 is 1.00 bits per heavy atom. The SMILES string of the molecule is CC(C)Nc1c(-c2ccccc2)c(-c2ccc(C=O)cc2)nc2nccn12. The molecule has 0 aliphatic heterocycles. The Kier molecular flexibility index (Phi) is 4.42. The highest BCUT2D eigenvalue weighted by molar-refractivity contribution is 5.90. The summed E-state index contributed by atoms with van der Waals surface area (Å²) in [5.74, 6) is 1.58. The fourth-order valence-corrected chi connectivity index (χ4v) is 3.16. The van der Waals surface area contributed by atoms with Crippen LogP contribution in [0.3, 0.4) is 0 Å². The molecule has 4 rings (SSSR count). The molecule has 0 bridgehead atoms. The third kappa shape index (κ3) is 3.19. The molecule has 0 radical (unpaired) electrons. The van der Waals surface area contributed by atoms with E-state index in [4.69, 9.17) is 4.98 Å². The number of nitrogens with one attached hydrogen (secondary N) is 1. The molecule has 2 heterocycles. The summed E-state index contributed by atoms with van der Waals surface area (Å²) in [4.78, 5) is 20.2.